The van der Waals surface area contributed by atoms with Gasteiger partial charge in [0, 0.05) is 32.4 Å². The average molecular weight is 368 g/mol. The van der Waals surface area contributed by atoms with Crippen molar-refractivity contribution in [2.45, 2.75) is 56.9 Å². The lowest BCUT2D eigenvalue weighted by Gasteiger charge is -2.34. The second-order valence-electron chi connectivity index (χ2n) is 7.63. The van der Waals surface area contributed by atoms with Gasteiger partial charge in [-0.1, -0.05) is 26.7 Å². The third kappa shape index (κ3) is 3.62. The summed E-state index contributed by atoms with van der Waals surface area (Å²) in [6.07, 6.45) is 6.67. The van der Waals surface area contributed by atoms with Crippen molar-refractivity contribution in [1.29, 1.82) is 0 Å². The molecule has 1 amide bonds. The minimum absolute atomic E-state index is 0.157. The van der Waals surface area contributed by atoms with Crippen LogP contribution in [-0.4, -0.2) is 42.3 Å². The smallest absolute Gasteiger partial charge is 0.268 e. The summed E-state index contributed by atoms with van der Waals surface area (Å²) >= 11 is 0. The first-order chi connectivity index (χ1) is 11.8. The molecular formula is C18H29N3O3S. The number of hydrogen-bond donors (Lipinski definition) is 1. The molecule has 2 fully saturated rings. The number of sulfonamides is 1. The fraction of sp³-hybridized carbons (Fsp3) is 0.722. The fourth-order valence-electron chi connectivity index (χ4n) is 4.01. The van der Waals surface area contributed by atoms with Crippen LogP contribution in [0.5, 0.6) is 0 Å². The largest absolute Gasteiger partial charge is 0.348 e. The van der Waals surface area contributed by atoms with E-state index >= 15 is 0 Å². The Hall–Kier alpha value is -1.34. The van der Waals surface area contributed by atoms with E-state index in [2.05, 4.69) is 19.2 Å². The molecule has 1 saturated heterocycles. The molecule has 25 heavy (non-hydrogen) atoms. The van der Waals surface area contributed by atoms with Gasteiger partial charge in [-0.2, -0.15) is 4.31 Å². The van der Waals surface area contributed by atoms with Gasteiger partial charge < -0.3 is 9.88 Å². The summed E-state index contributed by atoms with van der Waals surface area (Å²) in [5, 5.41) is 3.12. The van der Waals surface area contributed by atoms with Crippen molar-refractivity contribution >= 4 is 15.9 Å². The van der Waals surface area contributed by atoms with E-state index in [0.717, 1.165) is 25.7 Å². The molecule has 6 nitrogen and oxygen atoms in total. The van der Waals surface area contributed by atoms with Crippen molar-refractivity contribution in [1.82, 2.24) is 14.2 Å². The van der Waals surface area contributed by atoms with Gasteiger partial charge in [0.2, 0.25) is 10.0 Å². The third-order valence-electron chi connectivity index (χ3n) is 5.94. The highest BCUT2D eigenvalue weighted by molar-refractivity contribution is 7.89. The van der Waals surface area contributed by atoms with Gasteiger partial charge in [-0.3, -0.25) is 4.79 Å². The topological polar surface area (TPSA) is 71.4 Å². The Balaban J connectivity index is 1.77. The zero-order chi connectivity index (χ0) is 18.2. The van der Waals surface area contributed by atoms with E-state index in [1.165, 1.54) is 16.8 Å². The lowest BCUT2D eigenvalue weighted by atomic mass is 9.78. The first-order valence-electron chi connectivity index (χ1n) is 9.28. The Labute approximate surface area is 150 Å². The van der Waals surface area contributed by atoms with Gasteiger partial charge in [0.1, 0.15) is 10.6 Å². The van der Waals surface area contributed by atoms with Crippen LogP contribution in [0.2, 0.25) is 0 Å². The summed E-state index contributed by atoms with van der Waals surface area (Å²) in [6, 6.07) is 1.67. The highest BCUT2D eigenvalue weighted by Crippen LogP contribution is 2.30. The Morgan fingerprint density at radius 1 is 1.16 bits per heavy atom. The Morgan fingerprint density at radius 2 is 1.84 bits per heavy atom. The molecule has 1 aliphatic heterocycles. The number of aromatic nitrogens is 1. The molecule has 0 unspecified atom stereocenters. The molecule has 7 heteroatoms. The fourth-order valence-corrected chi connectivity index (χ4v) is 5.60. The molecule has 0 aromatic carbocycles. The highest BCUT2D eigenvalue weighted by atomic mass is 32.2. The minimum Gasteiger partial charge on any atom is -0.348 e. The lowest BCUT2D eigenvalue weighted by molar-refractivity contribution is 0.0883. The minimum atomic E-state index is -3.49. The molecular weight excluding hydrogens is 338 g/mol. The molecule has 3 rings (SSSR count). The van der Waals surface area contributed by atoms with E-state index in [4.69, 9.17) is 0 Å². The predicted molar refractivity (Wildman–Crippen MR) is 96.8 cm³/mol. The Morgan fingerprint density at radius 3 is 2.52 bits per heavy atom. The molecule has 2 heterocycles. The zero-order valence-electron chi connectivity index (χ0n) is 15.4. The highest BCUT2D eigenvalue weighted by Gasteiger charge is 2.31. The summed E-state index contributed by atoms with van der Waals surface area (Å²) in [5.41, 5.74) is 0.406. The van der Waals surface area contributed by atoms with E-state index < -0.39 is 10.0 Å². The van der Waals surface area contributed by atoms with Crippen molar-refractivity contribution in [2.24, 2.45) is 18.9 Å². The van der Waals surface area contributed by atoms with E-state index in [0.29, 0.717) is 30.6 Å². The number of amides is 1. The maximum absolute atomic E-state index is 12.7. The standard InChI is InChI=1S/C18H29N3O3S/c1-13-7-6-8-16(14(13)2)19-18(22)17-11-15(12-20(17)3)25(23,24)21-9-4-5-10-21/h11-14,16H,4-10H2,1-3H3,(H,19,22)/t13-,14+,16+/m1/s1. The van der Waals surface area contributed by atoms with Crippen molar-refractivity contribution in [3.63, 3.8) is 0 Å². The predicted octanol–water partition coefficient (Wildman–Crippen LogP) is 2.36. The van der Waals surface area contributed by atoms with Crippen LogP contribution in [0.1, 0.15) is 56.4 Å². The number of rotatable bonds is 4. The van der Waals surface area contributed by atoms with Crippen LogP contribution in [-0.2, 0) is 17.1 Å². The van der Waals surface area contributed by atoms with E-state index in [-0.39, 0.29) is 16.8 Å². The SMILES string of the molecule is C[C@H]1[C@H](C)CCC[C@@H]1NC(=O)c1cc(S(=O)(=O)N2CCCC2)cn1C. The maximum atomic E-state index is 12.7. The number of carbonyl (C=O) groups is 1. The summed E-state index contributed by atoms with van der Waals surface area (Å²) in [5.74, 6) is 0.848. The van der Waals surface area contributed by atoms with Gasteiger partial charge in [0.25, 0.3) is 5.91 Å². The monoisotopic (exact) mass is 367 g/mol. The molecule has 2 aliphatic rings. The van der Waals surface area contributed by atoms with Crippen LogP contribution in [0, 0.1) is 11.8 Å². The van der Waals surface area contributed by atoms with Crippen molar-refractivity contribution in [3.8, 4) is 0 Å². The van der Waals surface area contributed by atoms with Crippen molar-refractivity contribution in [3.05, 3.63) is 18.0 Å². The summed E-state index contributed by atoms with van der Waals surface area (Å²) in [7, 11) is -1.77. The number of nitrogens with zero attached hydrogens (tertiary/aromatic N) is 2. The van der Waals surface area contributed by atoms with Crippen LogP contribution in [0.15, 0.2) is 17.2 Å². The molecule has 1 saturated carbocycles. The quantitative estimate of drug-likeness (QED) is 0.888. The number of nitrogens with one attached hydrogen (secondary N) is 1. The van der Waals surface area contributed by atoms with E-state index in [9.17, 15) is 13.2 Å². The Kier molecular flexibility index (Phi) is 5.25. The third-order valence-corrected chi connectivity index (χ3v) is 7.80. The van der Waals surface area contributed by atoms with Crippen LogP contribution < -0.4 is 5.32 Å². The van der Waals surface area contributed by atoms with Gasteiger partial charge in [0.05, 0.1) is 0 Å². The average Bonchev–Trinajstić information content (AvgIpc) is 3.21. The zero-order valence-corrected chi connectivity index (χ0v) is 16.2. The molecule has 0 radical (unpaired) electrons. The maximum Gasteiger partial charge on any atom is 0.268 e. The first-order valence-corrected chi connectivity index (χ1v) is 10.7. The number of carbonyl (C=O) groups excluding carboxylic acids is 1. The first kappa shape index (κ1) is 18.5. The number of hydrogen-bond acceptors (Lipinski definition) is 3. The van der Waals surface area contributed by atoms with Crippen molar-refractivity contribution in [2.75, 3.05) is 13.1 Å². The van der Waals surface area contributed by atoms with Gasteiger partial charge in [-0.25, -0.2) is 8.42 Å². The van der Waals surface area contributed by atoms with Gasteiger partial charge in [-0.15, -0.1) is 0 Å². The van der Waals surface area contributed by atoms with Gasteiger partial charge in [-0.05, 0) is 37.2 Å². The van der Waals surface area contributed by atoms with Crippen LogP contribution >= 0.6 is 0 Å². The van der Waals surface area contributed by atoms with E-state index in [1.807, 2.05) is 0 Å². The molecule has 140 valence electrons. The normalized spacial score (nSPS) is 28.2. The lowest BCUT2D eigenvalue weighted by Crippen LogP contribution is -2.44. The second kappa shape index (κ2) is 7.11. The molecule has 1 aromatic heterocycles. The molecule has 1 aliphatic carbocycles. The molecule has 0 spiro atoms. The molecule has 3 atom stereocenters. The van der Waals surface area contributed by atoms with Crippen LogP contribution in [0.3, 0.4) is 0 Å². The van der Waals surface area contributed by atoms with Gasteiger partial charge >= 0.3 is 0 Å². The summed E-state index contributed by atoms with van der Waals surface area (Å²) in [4.78, 5) is 12.9. The molecule has 1 aromatic rings. The second-order valence-corrected chi connectivity index (χ2v) is 9.57. The molecule has 1 N–H and O–H groups in total. The number of aryl methyl sites for hydroxylation is 1. The van der Waals surface area contributed by atoms with Crippen LogP contribution in [0.4, 0.5) is 0 Å². The molecule has 0 bridgehead atoms. The Bertz CT molecular complexity index is 735. The van der Waals surface area contributed by atoms with Crippen molar-refractivity contribution < 1.29 is 13.2 Å². The van der Waals surface area contributed by atoms with Crippen LogP contribution in [0.25, 0.3) is 0 Å². The van der Waals surface area contributed by atoms with Gasteiger partial charge in [0.15, 0.2) is 0 Å². The summed E-state index contributed by atoms with van der Waals surface area (Å²) in [6.45, 7) is 5.54. The van der Waals surface area contributed by atoms with E-state index in [1.54, 1.807) is 17.8 Å². The summed E-state index contributed by atoms with van der Waals surface area (Å²) < 4.78 is 28.5.